The second-order valence-electron chi connectivity index (χ2n) is 6.07. The fraction of sp³-hybridized carbons (Fsp3) is 0.500. The van der Waals surface area contributed by atoms with E-state index in [-0.39, 0.29) is 11.8 Å². The van der Waals surface area contributed by atoms with E-state index in [0.29, 0.717) is 19.4 Å². The Kier molecular flexibility index (Phi) is 3.56. The van der Waals surface area contributed by atoms with E-state index in [0.717, 1.165) is 11.3 Å². The largest absolute Gasteiger partial charge is 0.497 e. The minimum Gasteiger partial charge on any atom is -0.497 e. The number of carboxylic acid groups (broad SMARTS) is 2. The Hall–Kier alpha value is -2.08. The second-order valence-corrected chi connectivity index (χ2v) is 6.07. The van der Waals surface area contributed by atoms with Crippen molar-refractivity contribution in [1.29, 1.82) is 0 Å². The lowest BCUT2D eigenvalue weighted by Crippen LogP contribution is -2.53. The smallest absolute Gasteiger partial charge is 0.324 e. The van der Waals surface area contributed by atoms with Crippen LogP contribution in [0.4, 0.5) is 0 Å². The molecule has 0 heterocycles. The highest BCUT2D eigenvalue weighted by atomic mass is 16.5. The van der Waals surface area contributed by atoms with E-state index in [1.807, 2.05) is 24.3 Å². The minimum absolute atomic E-state index is 0.00281. The molecule has 0 aliphatic heterocycles. The molecule has 2 fully saturated rings. The number of carbonyl (C=O) groups is 2. The predicted molar refractivity (Wildman–Crippen MR) is 77.5 cm³/mol. The zero-order chi connectivity index (χ0) is 15.9. The fourth-order valence-electron chi connectivity index (χ4n) is 3.84. The maximum Gasteiger partial charge on any atom is 0.324 e. The van der Waals surface area contributed by atoms with Crippen LogP contribution in [0.25, 0.3) is 0 Å². The van der Waals surface area contributed by atoms with Crippen LogP contribution < -0.4 is 10.1 Å². The molecule has 6 heteroatoms. The van der Waals surface area contributed by atoms with Gasteiger partial charge in [0.25, 0.3) is 0 Å². The number of fused-ring (bicyclic) bond motifs is 1. The van der Waals surface area contributed by atoms with Crippen molar-refractivity contribution in [2.24, 2.45) is 17.8 Å². The molecule has 0 saturated heterocycles. The summed E-state index contributed by atoms with van der Waals surface area (Å²) >= 11 is 0. The summed E-state index contributed by atoms with van der Waals surface area (Å²) in [6.07, 6.45) is 1.14. The van der Waals surface area contributed by atoms with E-state index in [1.54, 1.807) is 7.11 Å². The Bertz CT molecular complexity index is 599. The number of benzene rings is 1. The van der Waals surface area contributed by atoms with Gasteiger partial charge in [0, 0.05) is 12.5 Å². The van der Waals surface area contributed by atoms with Gasteiger partial charge in [0.1, 0.15) is 11.3 Å². The van der Waals surface area contributed by atoms with E-state index in [4.69, 9.17) is 4.74 Å². The Morgan fingerprint density at radius 3 is 2.50 bits per heavy atom. The first-order chi connectivity index (χ1) is 10.5. The monoisotopic (exact) mass is 305 g/mol. The van der Waals surface area contributed by atoms with Crippen molar-refractivity contribution in [3.63, 3.8) is 0 Å². The molecule has 3 N–H and O–H groups in total. The molecular weight excluding hydrogens is 286 g/mol. The summed E-state index contributed by atoms with van der Waals surface area (Å²) < 4.78 is 5.09. The predicted octanol–water partition coefficient (Wildman–Crippen LogP) is 1.35. The average Bonchev–Trinajstić information content (AvgIpc) is 3.13. The lowest BCUT2D eigenvalue weighted by Gasteiger charge is -2.28. The van der Waals surface area contributed by atoms with Crippen LogP contribution >= 0.6 is 0 Å². The van der Waals surface area contributed by atoms with Crippen molar-refractivity contribution < 1.29 is 24.5 Å². The number of nitrogens with one attached hydrogen (secondary N) is 1. The average molecular weight is 305 g/mol. The van der Waals surface area contributed by atoms with Crippen LogP contribution in [0.5, 0.6) is 5.75 Å². The molecule has 2 aliphatic rings. The molecule has 1 aromatic rings. The quantitative estimate of drug-likeness (QED) is 0.734. The van der Waals surface area contributed by atoms with Gasteiger partial charge in [-0.15, -0.1) is 0 Å². The molecule has 0 aromatic heterocycles. The molecule has 1 aromatic carbocycles. The third-order valence-electron chi connectivity index (χ3n) is 5.04. The third-order valence-corrected chi connectivity index (χ3v) is 5.04. The summed E-state index contributed by atoms with van der Waals surface area (Å²) in [7, 11) is 1.59. The fourth-order valence-corrected chi connectivity index (χ4v) is 3.84. The maximum absolute atomic E-state index is 11.8. The zero-order valence-corrected chi connectivity index (χ0v) is 12.3. The van der Waals surface area contributed by atoms with Crippen LogP contribution in [0.2, 0.25) is 0 Å². The molecule has 0 radical (unpaired) electrons. The van der Waals surface area contributed by atoms with Gasteiger partial charge in [0.15, 0.2) is 0 Å². The lowest BCUT2D eigenvalue weighted by molar-refractivity contribution is -0.147. The number of hydrogen-bond acceptors (Lipinski definition) is 4. The van der Waals surface area contributed by atoms with E-state index in [9.17, 15) is 19.8 Å². The summed E-state index contributed by atoms with van der Waals surface area (Å²) in [4.78, 5) is 23.0. The van der Waals surface area contributed by atoms with Gasteiger partial charge in [-0.2, -0.15) is 0 Å². The highest BCUT2D eigenvalue weighted by Crippen LogP contribution is 2.62. The summed E-state index contributed by atoms with van der Waals surface area (Å²) in [5.41, 5.74) is -0.175. The van der Waals surface area contributed by atoms with Crippen LogP contribution in [-0.4, -0.2) is 34.8 Å². The van der Waals surface area contributed by atoms with Crippen LogP contribution in [0, 0.1) is 17.8 Å². The van der Waals surface area contributed by atoms with Gasteiger partial charge in [-0.25, -0.2) is 0 Å². The van der Waals surface area contributed by atoms with Crippen LogP contribution in [0.1, 0.15) is 18.4 Å². The van der Waals surface area contributed by atoms with Crippen LogP contribution in [0.3, 0.4) is 0 Å². The maximum atomic E-state index is 11.8. The highest BCUT2D eigenvalue weighted by Gasteiger charge is 2.71. The normalized spacial score (nSPS) is 32.3. The molecule has 0 bridgehead atoms. The Morgan fingerprint density at radius 1 is 1.32 bits per heavy atom. The van der Waals surface area contributed by atoms with Gasteiger partial charge in [-0.1, -0.05) is 12.1 Å². The first-order valence-electron chi connectivity index (χ1n) is 7.34. The third kappa shape index (κ3) is 2.23. The van der Waals surface area contributed by atoms with Gasteiger partial charge in [-0.3, -0.25) is 14.9 Å². The Balaban J connectivity index is 1.73. The summed E-state index contributed by atoms with van der Waals surface area (Å²) in [5.74, 6) is -1.92. The van der Waals surface area contributed by atoms with Gasteiger partial charge in [0.2, 0.25) is 0 Å². The molecule has 22 heavy (non-hydrogen) atoms. The van der Waals surface area contributed by atoms with E-state index in [1.165, 1.54) is 0 Å². The van der Waals surface area contributed by atoms with Gasteiger partial charge >= 0.3 is 11.9 Å². The van der Waals surface area contributed by atoms with Crippen LogP contribution in [-0.2, 0) is 16.1 Å². The molecule has 4 unspecified atom stereocenters. The first kappa shape index (κ1) is 14.8. The van der Waals surface area contributed by atoms with Crippen molar-refractivity contribution in [1.82, 2.24) is 5.32 Å². The van der Waals surface area contributed by atoms with E-state index >= 15 is 0 Å². The number of methoxy groups -OCH3 is 1. The molecule has 118 valence electrons. The van der Waals surface area contributed by atoms with Gasteiger partial charge in [0.05, 0.1) is 13.0 Å². The van der Waals surface area contributed by atoms with E-state index in [2.05, 4.69) is 5.32 Å². The van der Waals surface area contributed by atoms with Crippen molar-refractivity contribution >= 4 is 11.9 Å². The van der Waals surface area contributed by atoms with E-state index < -0.39 is 23.4 Å². The molecule has 2 aliphatic carbocycles. The highest BCUT2D eigenvalue weighted by molar-refractivity contribution is 5.85. The summed E-state index contributed by atoms with van der Waals surface area (Å²) in [6, 6.07) is 7.38. The molecule has 0 amide bonds. The Labute approximate surface area is 128 Å². The van der Waals surface area contributed by atoms with Crippen molar-refractivity contribution in [3.8, 4) is 5.75 Å². The summed E-state index contributed by atoms with van der Waals surface area (Å²) in [5, 5.41) is 21.9. The number of hydrogen-bond donors (Lipinski definition) is 3. The molecular formula is C16H19NO5. The van der Waals surface area contributed by atoms with Gasteiger partial charge < -0.3 is 14.9 Å². The molecule has 0 spiro atoms. The van der Waals surface area contributed by atoms with Crippen molar-refractivity contribution in [2.75, 3.05) is 7.11 Å². The zero-order valence-electron chi connectivity index (χ0n) is 12.3. The van der Waals surface area contributed by atoms with Gasteiger partial charge in [-0.05, 0) is 36.5 Å². The molecule has 6 nitrogen and oxygen atoms in total. The molecule has 2 saturated carbocycles. The number of rotatable bonds is 6. The van der Waals surface area contributed by atoms with Crippen molar-refractivity contribution in [3.05, 3.63) is 29.8 Å². The topological polar surface area (TPSA) is 95.9 Å². The van der Waals surface area contributed by atoms with Crippen LogP contribution in [0.15, 0.2) is 24.3 Å². The summed E-state index contributed by atoms with van der Waals surface area (Å²) in [6.45, 7) is 0.395. The Morgan fingerprint density at radius 2 is 2.00 bits per heavy atom. The standard InChI is InChI=1S/C16H19NO5/c1-22-10-4-2-9(3-5-10)8-17-16(15(20)21)7-6-11-12(13(11)16)14(18)19/h2-5,11-13,17H,6-8H2,1H3,(H,18,19)(H,20,21). The number of aliphatic carboxylic acids is 2. The molecule has 3 rings (SSSR count). The first-order valence-corrected chi connectivity index (χ1v) is 7.34. The lowest BCUT2D eigenvalue weighted by atomic mass is 9.90. The van der Waals surface area contributed by atoms with Crippen molar-refractivity contribution in [2.45, 2.75) is 24.9 Å². The number of ether oxygens (including phenoxy) is 1. The minimum atomic E-state index is -1.12. The SMILES string of the molecule is COc1ccc(CNC2(C(=O)O)CCC3C(C(=O)O)C32)cc1. The second kappa shape index (κ2) is 5.28. The molecule has 4 atom stereocenters. The number of carboxylic acids is 2.